The van der Waals surface area contributed by atoms with E-state index in [0.29, 0.717) is 0 Å². The van der Waals surface area contributed by atoms with Gasteiger partial charge >= 0.3 is 0 Å². The van der Waals surface area contributed by atoms with Gasteiger partial charge in [-0.1, -0.05) is 31.2 Å². The molecule has 2 N–H and O–H groups in total. The number of rotatable bonds is 6. The summed E-state index contributed by atoms with van der Waals surface area (Å²) in [5, 5.41) is 6.10. The maximum Gasteiger partial charge on any atom is 0.125 e. The summed E-state index contributed by atoms with van der Waals surface area (Å²) in [7, 11) is 1.76. The number of hydrogen-bond acceptors (Lipinski definition) is 3. The van der Waals surface area contributed by atoms with Crippen molar-refractivity contribution in [3.8, 4) is 0 Å². The first kappa shape index (κ1) is 19.4. The van der Waals surface area contributed by atoms with Crippen molar-refractivity contribution in [1.82, 2.24) is 5.32 Å². The van der Waals surface area contributed by atoms with Crippen LogP contribution in [0.4, 0.5) is 15.8 Å². The normalized spacial score (nSPS) is 9.50. The van der Waals surface area contributed by atoms with Crippen LogP contribution in [0.15, 0.2) is 54.0 Å². The zero-order valence-electron chi connectivity index (χ0n) is 14.7. The second-order valence-corrected chi connectivity index (χ2v) is 5.34. The maximum atomic E-state index is 12.3. The molecule has 2 aromatic carbocycles. The third-order valence-electron chi connectivity index (χ3n) is 3.35. The van der Waals surface area contributed by atoms with Crippen LogP contribution in [0.2, 0.25) is 0 Å². The minimum Gasteiger partial charge on any atom is -0.388 e. The molecule has 0 aliphatic carbocycles. The summed E-state index contributed by atoms with van der Waals surface area (Å²) in [4.78, 5) is 3.99. The lowest BCUT2D eigenvalue weighted by Gasteiger charge is -2.11. The predicted octanol–water partition coefficient (Wildman–Crippen LogP) is 5.16. The first-order valence-corrected chi connectivity index (χ1v) is 7.95. The number of hydrogen-bond donors (Lipinski definition) is 2. The highest BCUT2D eigenvalue weighted by molar-refractivity contribution is 5.73. The van der Waals surface area contributed by atoms with E-state index in [9.17, 15) is 4.39 Å². The third-order valence-corrected chi connectivity index (χ3v) is 3.35. The van der Waals surface area contributed by atoms with Crippen LogP contribution in [0.25, 0.3) is 5.70 Å². The summed E-state index contributed by atoms with van der Waals surface area (Å²) < 4.78 is 12.3. The topological polar surface area (TPSA) is 36.4 Å². The Morgan fingerprint density at radius 3 is 2.50 bits per heavy atom. The highest BCUT2D eigenvalue weighted by Gasteiger charge is 2.04. The lowest BCUT2D eigenvalue weighted by molar-refractivity contribution is 0.628. The minimum atomic E-state index is -0.207. The van der Waals surface area contributed by atoms with Gasteiger partial charge in [-0.15, -0.1) is 0 Å². The molecule has 2 aromatic rings. The van der Waals surface area contributed by atoms with Crippen molar-refractivity contribution in [2.45, 2.75) is 20.3 Å². The fourth-order valence-corrected chi connectivity index (χ4v) is 2.04. The molecule has 4 heteroatoms. The Kier molecular flexibility index (Phi) is 8.26. The first-order chi connectivity index (χ1) is 11.5. The molecule has 128 valence electrons. The van der Waals surface area contributed by atoms with Gasteiger partial charge < -0.3 is 10.6 Å². The van der Waals surface area contributed by atoms with Crippen LogP contribution < -0.4 is 10.6 Å². The summed E-state index contributed by atoms with van der Waals surface area (Å²) >= 11 is 0. The summed E-state index contributed by atoms with van der Waals surface area (Å²) in [6.07, 6.45) is 1.09. The molecule has 0 radical (unpaired) electrons. The van der Waals surface area contributed by atoms with E-state index in [4.69, 9.17) is 0 Å². The molecule has 0 spiro atoms. The molecule has 0 fully saturated rings. The molecular weight excluding hydrogens is 301 g/mol. The van der Waals surface area contributed by atoms with Gasteiger partial charge in [0.1, 0.15) is 5.82 Å². The number of aryl methyl sites for hydroxylation is 1. The van der Waals surface area contributed by atoms with Crippen LogP contribution in [0.1, 0.15) is 24.5 Å². The van der Waals surface area contributed by atoms with E-state index in [2.05, 4.69) is 48.8 Å². The van der Waals surface area contributed by atoms with Gasteiger partial charge in [-0.25, -0.2) is 4.39 Å². The van der Waals surface area contributed by atoms with Gasteiger partial charge in [0.25, 0.3) is 0 Å². The molecule has 2 rings (SSSR count). The Morgan fingerprint density at radius 2 is 1.96 bits per heavy atom. The number of benzene rings is 2. The fourth-order valence-electron chi connectivity index (χ4n) is 2.04. The molecule has 0 aromatic heterocycles. The summed E-state index contributed by atoms with van der Waals surface area (Å²) in [6, 6.07) is 12.4. The Morgan fingerprint density at radius 1 is 1.21 bits per heavy atom. The zero-order chi connectivity index (χ0) is 17.9. The lowest BCUT2D eigenvalue weighted by Crippen LogP contribution is -2.12. The van der Waals surface area contributed by atoms with Gasteiger partial charge in [-0.2, -0.15) is 0 Å². The van der Waals surface area contributed by atoms with Crippen molar-refractivity contribution in [2.75, 3.05) is 18.9 Å². The van der Waals surface area contributed by atoms with Crippen molar-refractivity contribution in [2.24, 2.45) is 4.99 Å². The zero-order valence-corrected chi connectivity index (χ0v) is 14.7. The monoisotopic (exact) mass is 327 g/mol. The fraction of sp³-hybridized carbons (Fsp3) is 0.250. The molecule has 0 unspecified atom stereocenters. The quantitative estimate of drug-likeness (QED) is 0.719. The third kappa shape index (κ3) is 6.24. The van der Waals surface area contributed by atoms with Crippen molar-refractivity contribution in [3.05, 3.63) is 66.0 Å². The Bertz CT molecular complexity index is 680. The van der Waals surface area contributed by atoms with Crippen LogP contribution in [-0.4, -0.2) is 20.3 Å². The van der Waals surface area contributed by atoms with Crippen LogP contribution >= 0.6 is 0 Å². The molecule has 24 heavy (non-hydrogen) atoms. The van der Waals surface area contributed by atoms with Gasteiger partial charge in [0, 0.05) is 30.5 Å². The minimum absolute atomic E-state index is 0.207. The van der Waals surface area contributed by atoms with Gasteiger partial charge in [0.05, 0.1) is 5.69 Å². The SMILES string of the molecule is C=Nc1ccc(C)cc1C(=C)NCCC.CNc1cccc(F)c1. The van der Waals surface area contributed by atoms with Crippen LogP contribution in [0.3, 0.4) is 0 Å². The second-order valence-electron chi connectivity index (χ2n) is 5.34. The molecule has 0 bridgehead atoms. The maximum absolute atomic E-state index is 12.3. The number of aliphatic imine (C=N–C) groups is 1. The van der Waals surface area contributed by atoms with E-state index in [0.717, 1.165) is 35.6 Å². The Hall–Kier alpha value is -2.62. The molecule has 0 heterocycles. The van der Waals surface area contributed by atoms with E-state index < -0.39 is 0 Å². The van der Waals surface area contributed by atoms with Gasteiger partial charge in [0.2, 0.25) is 0 Å². The van der Waals surface area contributed by atoms with Gasteiger partial charge in [-0.05, 0) is 50.4 Å². The highest BCUT2D eigenvalue weighted by Crippen LogP contribution is 2.24. The average Bonchev–Trinajstić information content (AvgIpc) is 2.60. The van der Waals surface area contributed by atoms with Crippen LogP contribution in [-0.2, 0) is 0 Å². The lowest BCUT2D eigenvalue weighted by atomic mass is 10.1. The van der Waals surface area contributed by atoms with Crippen molar-refractivity contribution >= 4 is 23.8 Å². The van der Waals surface area contributed by atoms with E-state index in [1.54, 1.807) is 13.1 Å². The van der Waals surface area contributed by atoms with Crippen molar-refractivity contribution < 1.29 is 4.39 Å². The van der Waals surface area contributed by atoms with Crippen molar-refractivity contribution in [1.29, 1.82) is 0 Å². The second kappa shape index (κ2) is 10.2. The highest BCUT2D eigenvalue weighted by atomic mass is 19.1. The molecular formula is C20H26FN3. The Balaban J connectivity index is 0.000000272. The summed E-state index contributed by atoms with van der Waals surface area (Å²) in [6.45, 7) is 12.7. The molecule has 0 amide bonds. The molecule has 0 aliphatic rings. The Labute approximate surface area is 144 Å². The smallest absolute Gasteiger partial charge is 0.125 e. The molecule has 0 saturated carbocycles. The summed E-state index contributed by atoms with van der Waals surface area (Å²) in [5.74, 6) is -0.207. The predicted molar refractivity (Wildman–Crippen MR) is 104 cm³/mol. The number of nitrogens with zero attached hydrogens (tertiary/aromatic N) is 1. The number of anilines is 1. The van der Waals surface area contributed by atoms with E-state index in [1.165, 1.54) is 17.7 Å². The first-order valence-electron chi connectivity index (χ1n) is 7.95. The molecule has 0 saturated heterocycles. The number of nitrogens with one attached hydrogen (secondary N) is 2. The molecule has 0 atom stereocenters. The van der Waals surface area contributed by atoms with Crippen molar-refractivity contribution in [3.63, 3.8) is 0 Å². The van der Waals surface area contributed by atoms with Gasteiger partial charge in [-0.3, -0.25) is 4.99 Å². The van der Waals surface area contributed by atoms with Gasteiger partial charge in [0.15, 0.2) is 0 Å². The van der Waals surface area contributed by atoms with E-state index in [1.807, 2.05) is 18.2 Å². The largest absolute Gasteiger partial charge is 0.388 e. The van der Waals surface area contributed by atoms with E-state index >= 15 is 0 Å². The van der Waals surface area contributed by atoms with E-state index in [-0.39, 0.29) is 5.82 Å². The van der Waals surface area contributed by atoms with Crippen LogP contribution in [0, 0.1) is 12.7 Å². The van der Waals surface area contributed by atoms with Crippen LogP contribution in [0.5, 0.6) is 0 Å². The molecule has 3 nitrogen and oxygen atoms in total. The average molecular weight is 327 g/mol. The number of halogens is 1. The standard InChI is InChI=1S/C13H18N2.C7H8FN/c1-5-8-15-11(3)12-9-10(2)6-7-13(12)14-4;1-9-7-4-2-3-6(8)5-7/h6-7,9,15H,3-5,8H2,1-2H3;2-5,9H,1H3. The molecule has 0 aliphatic heterocycles. The summed E-state index contributed by atoms with van der Waals surface area (Å²) in [5.41, 5.74) is 4.85.